The van der Waals surface area contributed by atoms with E-state index >= 15 is 0 Å². The number of carboxylic acid groups (broad SMARTS) is 1. The highest BCUT2D eigenvalue weighted by Gasteiger charge is 2.30. The van der Waals surface area contributed by atoms with Crippen molar-refractivity contribution in [1.29, 1.82) is 0 Å². The topological polar surface area (TPSA) is 52.6 Å². The Morgan fingerprint density at radius 3 is 2.95 bits per heavy atom. The van der Waals surface area contributed by atoms with Gasteiger partial charge in [-0.1, -0.05) is 12.1 Å². The Kier molecular flexibility index (Phi) is 3.66. The number of hydrogen-bond acceptors (Lipinski definition) is 3. The van der Waals surface area contributed by atoms with E-state index in [0.29, 0.717) is 6.04 Å². The SMILES string of the molecule is CC1Cc2c(cccc2NCC(=O)O)CN1CC1CC1. The van der Waals surface area contributed by atoms with E-state index in [2.05, 4.69) is 23.2 Å². The van der Waals surface area contributed by atoms with Gasteiger partial charge in [-0.3, -0.25) is 9.69 Å². The molecule has 4 nitrogen and oxygen atoms in total. The van der Waals surface area contributed by atoms with Gasteiger partial charge in [-0.05, 0) is 49.3 Å². The molecule has 1 saturated carbocycles. The number of hydrogen-bond donors (Lipinski definition) is 2. The van der Waals surface area contributed by atoms with Gasteiger partial charge in [0, 0.05) is 24.8 Å². The van der Waals surface area contributed by atoms with Crippen LogP contribution in [0.15, 0.2) is 18.2 Å². The first-order valence-corrected chi connectivity index (χ1v) is 7.44. The fourth-order valence-electron chi connectivity index (χ4n) is 3.04. The van der Waals surface area contributed by atoms with Crippen LogP contribution in [0.4, 0.5) is 5.69 Å². The summed E-state index contributed by atoms with van der Waals surface area (Å²) in [4.78, 5) is 13.3. The standard InChI is InChI=1S/C16H22N2O2/c1-11-7-14-13(10-18(11)9-12-5-6-12)3-2-4-15(14)17-8-16(19)20/h2-4,11-12,17H,5-10H2,1H3,(H,19,20). The Bertz CT molecular complexity index is 511. The van der Waals surface area contributed by atoms with Crippen molar-refractivity contribution >= 4 is 11.7 Å². The molecule has 4 heteroatoms. The summed E-state index contributed by atoms with van der Waals surface area (Å²) < 4.78 is 0. The zero-order valence-electron chi connectivity index (χ0n) is 11.9. The number of nitrogens with one attached hydrogen (secondary N) is 1. The van der Waals surface area contributed by atoms with Gasteiger partial charge in [0.05, 0.1) is 0 Å². The van der Waals surface area contributed by atoms with Gasteiger partial charge >= 0.3 is 5.97 Å². The maximum absolute atomic E-state index is 10.7. The highest BCUT2D eigenvalue weighted by atomic mass is 16.4. The number of rotatable bonds is 5. The van der Waals surface area contributed by atoms with E-state index < -0.39 is 5.97 Å². The summed E-state index contributed by atoms with van der Waals surface area (Å²) in [6.07, 6.45) is 3.78. The first kappa shape index (κ1) is 13.4. The summed E-state index contributed by atoms with van der Waals surface area (Å²) in [6.45, 7) is 4.47. The summed E-state index contributed by atoms with van der Waals surface area (Å²) in [6, 6.07) is 6.72. The Balaban J connectivity index is 1.76. The number of anilines is 1. The average Bonchev–Trinajstić information content (AvgIpc) is 3.21. The van der Waals surface area contributed by atoms with Crippen LogP contribution in [-0.2, 0) is 17.8 Å². The lowest BCUT2D eigenvalue weighted by atomic mass is 9.93. The van der Waals surface area contributed by atoms with Gasteiger partial charge in [0.2, 0.25) is 0 Å². The minimum atomic E-state index is -0.818. The molecule has 3 rings (SSSR count). The van der Waals surface area contributed by atoms with Crippen LogP contribution in [0.1, 0.15) is 30.9 Å². The number of aliphatic carboxylic acids is 1. The maximum atomic E-state index is 10.7. The number of benzene rings is 1. The lowest BCUT2D eigenvalue weighted by molar-refractivity contribution is -0.134. The average molecular weight is 274 g/mol. The zero-order valence-corrected chi connectivity index (χ0v) is 11.9. The maximum Gasteiger partial charge on any atom is 0.322 e. The van der Waals surface area contributed by atoms with Crippen LogP contribution in [0.25, 0.3) is 0 Å². The first-order valence-electron chi connectivity index (χ1n) is 7.44. The second kappa shape index (κ2) is 5.44. The van der Waals surface area contributed by atoms with E-state index in [1.807, 2.05) is 12.1 Å². The number of carbonyl (C=O) groups is 1. The normalized spacial score (nSPS) is 22.4. The van der Waals surface area contributed by atoms with Gasteiger partial charge in [0.25, 0.3) is 0 Å². The minimum Gasteiger partial charge on any atom is -0.480 e. The molecule has 1 aromatic rings. The predicted octanol–water partition coefficient (Wildman–Crippen LogP) is 2.34. The lowest BCUT2D eigenvalue weighted by Gasteiger charge is -2.36. The van der Waals surface area contributed by atoms with Crippen LogP contribution < -0.4 is 5.32 Å². The molecule has 1 atom stereocenters. The third-order valence-corrected chi connectivity index (χ3v) is 4.39. The molecule has 1 heterocycles. The van der Waals surface area contributed by atoms with Crippen LogP contribution in [0.2, 0.25) is 0 Å². The van der Waals surface area contributed by atoms with E-state index in [1.165, 1.54) is 30.5 Å². The molecule has 0 saturated heterocycles. The first-order chi connectivity index (χ1) is 9.63. The van der Waals surface area contributed by atoms with Crippen molar-refractivity contribution in [1.82, 2.24) is 4.90 Å². The second-order valence-electron chi connectivity index (χ2n) is 6.12. The monoisotopic (exact) mass is 274 g/mol. The second-order valence-corrected chi connectivity index (χ2v) is 6.12. The van der Waals surface area contributed by atoms with E-state index in [0.717, 1.165) is 24.6 Å². The van der Waals surface area contributed by atoms with Crippen LogP contribution in [0.3, 0.4) is 0 Å². The molecule has 20 heavy (non-hydrogen) atoms. The summed E-state index contributed by atoms with van der Waals surface area (Å²) in [7, 11) is 0. The molecule has 0 radical (unpaired) electrons. The molecule has 1 unspecified atom stereocenters. The van der Waals surface area contributed by atoms with E-state index in [4.69, 9.17) is 5.11 Å². The molecule has 0 aromatic heterocycles. The molecular formula is C16H22N2O2. The number of fused-ring (bicyclic) bond motifs is 1. The number of carboxylic acids is 1. The van der Waals surface area contributed by atoms with Crippen LogP contribution in [-0.4, -0.2) is 35.1 Å². The highest BCUT2D eigenvalue weighted by molar-refractivity contribution is 5.73. The van der Waals surface area contributed by atoms with Gasteiger partial charge in [-0.2, -0.15) is 0 Å². The van der Waals surface area contributed by atoms with Crippen LogP contribution in [0, 0.1) is 5.92 Å². The lowest BCUT2D eigenvalue weighted by Crippen LogP contribution is -2.39. The van der Waals surface area contributed by atoms with Gasteiger partial charge < -0.3 is 10.4 Å². The Morgan fingerprint density at radius 2 is 2.25 bits per heavy atom. The molecule has 2 aliphatic rings. The van der Waals surface area contributed by atoms with Crippen molar-refractivity contribution in [2.24, 2.45) is 5.92 Å². The summed E-state index contributed by atoms with van der Waals surface area (Å²) in [5, 5.41) is 11.9. The van der Waals surface area contributed by atoms with Gasteiger partial charge in [-0.25, -0.2) is 0 Å². The number of nitrogens with zero attached hydrogens (tertiary/aromatic N) is 1. The van der Waals surface area contributed by atoms with Crippen molar-refractivity contribution in [2.45, 2.75) is 38.8 Å². The van der Waals surface area contributed by atoms with Crippen molar-refractivity contribution in [3.05, 3.63) is 29.3 Å². The van der Waals surface area contributed by atoms with E-state index in [9.17, 15) is 4.79 Å². The molecule has 1 fully saturated rings. The fraction of sp³-hybridized carbons (Fsp3) is 0.562. The van der Waals surface area contributed by atoms with Gasteiger partial charge in [0.1, 0.15) is 6.54 Å². The van der Waals surface area contributed by atoms with Crippen molar-refractivity contribution in [3.63, 3.8) is 0 Å². The molecule has 1 aromatic carbocycles. The van der Waals surface area contributed by atoms with Gasteiger partial charge in [0.15, 0.2) is 0 Å². The van der Waals surface area contributed by atoms with E-state index in [1.54, 1.807) is 0 Å². The summed E-state index contributed by atoms with van der Waals surface area (Å²) in [5.41, 5.74) is 3.63. The molecule has 0 bridgehead atoms. The predicted molar refractivity (Wildman–Crippen MR) is 78.9 cm³/mol. The molecule has 0 spiro atoms. The minimum absolute atomic E-state index is 0.0172. The molecule has 1 aliphatic carbocycles. The highest BCUT2D eigenvalue weighted by Crippen LogP contribution is 2.34. The third-order valence-electron chi connectivity index (χ3n) is 4.39. The molecule has 108 valence electrons. The summed E-state index contributed by atoms with van der Waals surface area (Å²) >= 11 is 0. The summed E-state index contributed by atoms with van der Waals surface area (Å²) in [5.74, 6) is 0.0918. The van der Waals surface area contributed by atoms with Crippen molar-refractivity contribution < 1.29 is 9.90 Å². The van der Waals surface area contributed by atoms with Crippen molar-refractivity contribution in [2.75, 3.05) is 18.4 Å². The zero-order chi connectivity index (χ0) is 14.1. The fourth-order valence-corrected chi connectivity index (χ4v) is 3.04. The Morgan fingerprint density at radius 1 is 1.45 bits per heavy atom. The van der Waals surface area contributed by atoms with Crippen molar-refractivity contribution in [3.8, 4) is 0 Å². The third kappa shape index (κ3) is 2.96. The van der Waals surface area contributed by atoms with Crippen LogP contribution in [0.5, 0.6) is 0 Å². The molecular weight excluding hydrogens is 252 g/mol. The van der Waals surface area contributed by atoms with E-state index in [-0.39, 0.29) is 6.54 Å². The smallest absolute Gasteiger partial charge is 0.322 e. The Labute approximate surface area is 119 Å². The quantitative estimate of drug-likeness (QED) is 0.865. The van der Waals surface area contributed by atoms with Crippen LogP contribution >= 0.6 is 0 Å². The van der Waals surface area contributed by atoms with Gasteiger partial charge in [-0.15, -0.1) is 0 Å². The molecule has 2 N–H and O–H groups in total. The largest absolute Gasteiger partial charge is 0.480 e. The molecule has 1 aliphatic heterocycles. The Hall–Kier alpha value is -1.55. The molecule has 0 amide bonds.